The van der Waals surface area contributed by atoms with Gasteiger partial charge in [0.25, 0.3) is 15.9 Å². The van der Waals surface area contributed by atoms with Crippen molar-refractivity contribution >= 4 is 27.3 Å². The topological polar surface area (TPSA) is 66.9 Å². The Labute approximate surface area is 151 Å². The van der Waals surface area contributed by atoms with Crippen LogP contribution in [0, 0.1) is 0 Å². The van der Waals surface area contributed by atoms with Crippen molar-refractivity contribution in [2.45, 2.75) is 11.1 Å². The molecule has 0 radical (unpaired) electrons. The Balaban J connectivity index is 1.63. The zero-order valence-electron chi connectivity index (χ0n) is 13.9. The number of ether oxygens (including phenoxy) is 1. The molecule has 0 bridgehead atoms. The molecule has 8 heteroatoms. The quantitative estimate of drug-likeness (QED) is 0.798. The molecule has 2 aromatic rings. The summed E-state index contributed by atoms with van der Waals surface area (Å²) in [5.41, 5.74) is 0.581. The Morgan fingerprint density at radius 1 is 1.12 bits per heavy atom. The minimum Gasteiger partial charge on any atom is -0.494 e. The lowest BCUT2D eigenvalue weighted by Crippen LogP contribution is -2.50. The minimum absolute atomic E-state index is 0.0868. The SMILES string of the molecule is CCOc1ccc(C(=O)N2CCN(S(=O)(=O)c3cccs3)CC2)cc1. The van der Waals surface area contributed by atoms with Crippen LogP contribution >= 0.6 is 11.3 Å². The second kappa shape index (κ2) is 7.55. The summed E-state index contributed by atoms with van der Waals surface area (Å²) < 4.78 is 32.2. The van der Waals surface area contributed by atoms with Crippen LogP contribution in [0.2, 0.25) is 0 Å². The molecule has 1 saturated heterocycles. The molecule has 1 aliphatic rings. The maximum Gasteiger partial charge on any atom is 0.253 e. The second-order valence-corrected chi connectivity index (χ2v) is 8.70. The lowest BCUT2D eigenvalue weighted by molar-refractivity contribution is 0.0698. The number of nitrogens with zero attached hydrogens (tertiary/aromatic N) is 2. The summed E-state index contributed by atoms with van der Waals surface area (Å²) in [6.45, 7) is 3.87. The van der Waals surface area contributed by atoms with Crippen molar-refractivity contribution in [2.75, 3.05) is 32.8 Å². The molecular formula is C17H20N2O4S2. The molecule has 0 saturated carbocycles. The van der Waals surface area contributed by atoms with E-state index in [4.69, 9.17) is 4.74 Å². The van der Waals surface area contributed by atoms with E-state index in [-0.39, 0.29) is 5.91 Å². The van der Waals surface area contributed by atoms with Gasteiger partial charge < -0.3 is 9.64 Å². The molecule has 0 atom stereocenters. The van der Waals surface area contributed by atoms with Crippen molar-refractivity contribution in [3.8, 4) is 5.75 Å². The molecule has 1 aliphatic heterocycles. The van der Waals surface area contributed by atoms with Crippen molar-refractivity contribution in [2.24, 2.45) is 0 Å². The van der Waals surface area contributed by atoms with Gasteiger partial charge in [0.2, 0.25) is 0 Å². The maximum atomic E-state index is 12.6. The average molecular weight is 380 g/mol. The first kappa shape index (κ1) is 17.9. The molecule has 0 unspecified atom stereocenters. The normalized spacial score (nSPS) is 16.0. The second-order valence-electron chi connectivity index (χ2n) is 5.59. The van der Waals surface area contributed by atoms with Gasteiger partial charge in [0.1, 0.15) is 9.96 Å². The van der Waals surface area contributed by atoms with Crippen LogP contribution in [0.3, 0.4) is 0 Å². The number of carbonyl (C=O) groups excluding carboxylic acids is 1. The van der Waals surface area contributed by atoms with Crippen molar-refractivity contribution in [3.63, 3.8) is 0 Å². The Hall–Kier alpha value is -1.90. The van der Waals surface area contributed by atoms with Gasteiger partial charge in [0.15, 0.2) is 0 Å². The van der Waals surface area contributed by atoms with Crippen molar-refractivity contribution in [1.29, 1.82) is 0 Å². The summed E-state index contributed by atoms with van der Waals surface area (Å²) in [5.74, 6) is 0.641. The molecule has 25 heavy (non-hydrogen) atoms. The van der Waals surface area contributed by atoms with Crippen molar-refractivity contribution in [1.82, 2.24) is 9.21 Å². The summed E-state index contributed by atoms with van der Waals surface area (Å²) in [6.07, 6.45) is 0. The fourth-order valence-electron chi connectivity index (χ4n) is 2.71. The smallest absolute Gasteiger partial charge is 0.253 e. The van der Waals surface area contributed by atoms with E-state index in [1.54, 1.807) is 46.7 Å². The lowest BCUT2D eigenvalue weighted by atomic mass is 10.2. The molecule has 0 aliphatic carbocycles. The third-order valence-electron chi connectivity index (χ3n) is 4.03. The van der Waals surface area contributed by atoms with E-state index in [9.17, 15) is 13.2 Å². The third kappa shape index (κ3) is 3.86. The van der Waals surface area contributed by atoms with Gasteiger partial charge in [0, 0.05) is 31.7 Å². The molecular weight excluding hydrogens is 360 g/mol. The zero-order valence-corrected chi connectivity index (χ0v) is 15.6. The number of hydrogen-bond donors (Lipinski definition) is 0. The van der Waals surface area contributed by atoms with E-state index in [0.717, 1.165) is 5.75 Å². The number of thiophene rings is 1. The number of amides is 1. The van der Waals surface area contributed by atoms with Gasteiger partial charge in [-0.1, -0.05) is 6.07 Å². The summed E-state index contributed by atoms with van der Waals surface area (Å²) in [5, 5.41) is 1.75. The first-order valence-electron chi connectivity index (χ1n) is 8.08. The number of rotatable bonds is 5. The first-order valence-corrected chi connectivity index (χ1v) is 10.4. The number of benzene rings is 1. The molecule has 0 N–H and O–H groups in total. The van der Waals surface area contributed by atoms with Crippen LogP contribution < -0.4 is 4.74 Å². The van der Waals surface area contributed by atoms with Gasteiger partial charge in [-0.2, -0.15) is 4.31 Å². The Kier molecular flexibility index (Phi) is 5.41. The van der Waals surface area contributed by atoms with Crippen LogP contribution in [0.5, 0.6) is 5.75 Å². The molecule has 0 spiro atoms. The first-order chi connectivity index (χ1) is 12.0. The fraction of sp³-hybridized carbons (Fsp3) is 0.353. The molecule has 134 valence electrons. The highest BCUT2D eigenvalue weighted by Crippen LogP contribution is 2.22. The summed E-state index contributed by atoms with van der Waals surface area (Å²) in [7, 11) is -3.45. The average Bonchev–Trinajstić information content (AvgIpc) is 3.18. The van der Waals surface area contributed by atoms with Gasteiger partial charge in [-0.3, -0.25) is 4.79 Å². The largest absolute Gasteiger partial charge is 0.494 e. The van der Waals surface area contributed by atoms with Gasteiger partial charge in [-0.25, -0.2) is 8.42 Å². The fourth-order valence-corrected chi connectivity index (χ4v) is 5.28. The molecule has 6 nitrogen and oxygen atoms in total. The van der Waals surface area contributed by atoms with Gasteiger partial charge in [-0.05, 0) is 42.6 Å². The maximum absolute atomic E-state index is 12.6. The van der Waals surface area contributed by atoms with Gasteiger partial charge >= 0.3 is 0 Å². The molecule has 3 rings (SSSR count). The highest BCUT2D eigenvalue weighted by atomic mass is 32.2. The van der Waals surface area contributed by atoms with Gasteiger partial charge in [0.05, 0.1) is 6.61 Å². The van der Waals surface area contributed by atoms with Crippen LogP contribution in [0.25, 0.3) is 0 Å². The lowest BCUT2D eigenvalue weighted by Gasteiger charge is -2.33. The number of piperazine rings is 1. The highest BCUT2D eigenvalue weighted by Gasteiger charge is 2.30. The molecule has 1 aromatic carbocycles. The van der Waals surface area contributed by atoms with Crippen LogP contribution in [-0.2, 0) is 10.0 Å². The summed E-state index contributed by atoms with van der Waals surface area (Å²) in [6, 6.07) is 10.4. The predicted octanol–water partition coefficient (Wildman–Crippen LogP) is 2.29. The number of carbonyl (C=O) groups is 1. The van der Waals surface area contributed by atoms with E-state index in [1.165, 1.54) is 15.6 Å². The van der Waals surface area contributed by atoms with Crippen molar-refractivity contribution < 1.29 is 17.9 Å². The highest BCUT2D eigenvalue weighted by molar-refractivity contribution is 7.91. The third-order valence-corrected chi connectivity index (χ3v) is 7.30. The van der Waals surface area contributed by atoms with Crippen LogP contribution in [0.15, 0.2) is 46.0 Å². The van der Waals surface area contributed by atoms with Crippen LogP contribution in [0.4, 0.5) is 0 Å². The van der Waals surface area contributed by atoms with Crippen LogP contribution in [0.1, 0.15) is 17.3 Å². The minimum atomic E-state index is -3.45. The molecule has 1 aromatic heterocycles. The Morgan fingerprint density at radius 3 is 2.36 bits per heavy atom. The summed E-state index contributed by atoms with van der Waals surface area (Å²) >= 11 is 1.21. The molecule has 2 heterocycles. The Morgan fingerprint density at radius 2 is 1.80 bits per heavy atom. The predicted molar refractivity (Wildman–Crippen MR) is 96.6 cm³/mol. The van der Waals surface area contributed by atoms with E-state index in [0.29, 0.717) is 42.6 Å². The standard InChI is InChI=1S/C17H20N2O4S2/c1-2-23-15-7-5-14(6-8-15)17(20)18-9-11-19(12-10-18)25(21,22)16-4-3-13-24-16/h3-8,13H,2,9-12H2,1H3. The monoisotopic (exact) mass is 380 g/mol. The van der Waals surface area contributed by atoms with Crippen molar-refractivity contribution in [3.05, 3.63) is 47.3 Å². The van der Waals surface area contributed by atoms with E-state index < -0.39 is 10.0 Å². The zero-order chi connectivity index (χ0) is 17.9. The van der Waals surface area contributed by atoms with Crippen LogP contribution in [-0.4, -0.2) is 56.3 Å². The Bertz CT molecular complexity index is 809. The molecule has 1 amide bonds. The molecule has 1 fully saturated rings. The number of sulfonamides is 1. The number of hydrogen-bond acceptors (Lipinski definition) is 5. The van der Waals surface area contributed by atoms with E-state index >= 15 is 0 Å². The van der Waals surface area contributed by atoms with E-state index in [2.05, 4.69) is 0 Å². The van der Waals surface area contributed by atoms with E-state index in [1.807, 2.05) is 6.92 Å². The summed E-state index contributed by atoms with van der Waals surface area (Å²) in [4.78, 5) is 14.3. The van der Waals surface area contributed by atoms with Gasteiger partial charge in [-0.15, -0.1) is 11.3 Å².